The fourth-order valence-corrected chi connectivity index (χ4v) is 3.16. The van der Waals surface area contributed by atoms with Crippen molar-refractivity contribution in [3.05, 3.63) is 76.1 Å². The summed E-state index contributed by atoms with van der Waals surface area (Å²) in [5, 5.41) is 3.20. The Labute approximate surface area is 211 Å². The minimum absolute atomic E-state index is 0.193. The van der Waals surface area contributed by atoms with Crippen LogP contribution in [0.2, 0.25) is 0 Å². The van der Waals surface area contributed by atoms with E-state index in [1.807, 2.05) is 0 Å². The van der Waals surface area contributed by atoms with Gasteiger partial charge in [-0.15, -0.1) is 0 Å². The van der Waals surface area contributed by atoms with Crippen molar-refractivity contribution < 1.29 is 62.3 Å². The molecular formula is C23H16F12N2O2. The van der Waals surface area contributed by atoms with Crippen molar-refractivity contribution in [3.8, 4) is 0 Å². The molecule has 2 amide bonds. The summed E-state index contributed by atoms with van der Waals surface area (Å²) in [6.07, 6.45) is -14.7. The number of alkyl halides is 9. The molecule has 0 aliphatic heterocycles. The molecule has 0 heterocycles. The molecule has 0 bridgehead atoms. The first-order chi connectivity index (χ1) is 17.7. The largest absolute Gasteiger partial charge is 0.417 e. The Morgan fingerprint density at radius 2 is 1.51 bits per heavy atom. The van der Waals surface area contributed by atoms with Gasteiger partial charge in [-0.2, -0.15) is 39.5 Å². The summed E-state index contributed by atoms with van der Waals surface area (Å²) in [6.45, 7) is -0.878. The summed E-state index contributed by atoms with van der Waals surface area (Å²) < 4.78 is 159. The third kappa shape index (κ3) is 8.38. The predicted molar refractivity (Wildman–Crippen MR) is 112 cm³/mol. The molecule has 39 heavy (non-hydrogen) atoms. The van der Waals surface area contributed by atoms with E-state index in [2.05, 4.69) is 0 Å². The van der Waals surface area contributed by atoms with Gasteiger partial charge < -0.3 is 10.6 Å². The Bertz CT molecular complexity index is 1250. The van der Waals surface area contributed by atoms with E-state index < -0.39 is 88.6 Å². The van der Waals surface area contributed by atoms with Crippen LogP contribution in [0, 0.1) is 17.5 Å². The van der Waals surface area contributed by atoms with Gasteiger partial charge in [-0.1, -0.05) is 24.3 Å². The third-order valence-corrected chi connectivity index (χ3v) is 5.03. The van der Waals surface area contributed by atoms with Gasteiger partial charge in [0, 0.05) is 5.56 Å². The molecule has 2 atom stereocenters. The predicted octanol–water partition coefficient (Wildman–Crippen LogP) is 6.28. The smallest absolute Gasteiger partial charge is 0.345 e. The molecule has 0 saturated carbocycles. The average molecular weight is 580 g/mol. The molecule has 0 radical (unpaired) electrons. The van der Waals surface area contributed by atoms with E-state index in [0.717, 1.165) is 13.0 Å². The maximum absolute atomic E-state index is 14.0. The molecule has 0 aliphatic carbocycles. The lowest BCUT2D eigenvalue weighted by atomic mass is 9.95. The highest BCUT2D eigenvalue weighted by atomic mass is 19.4. The number of amides is 2. The van der Waals surface area contributed by atoms with Crippen molar-refractivity contribution in [2.24, 2.45) is 0 Å². The van der Waals surface area contributed by atoms with E-state index in [0.29, 0.717) is 18.2 Å². The maximum Gasteiger partial charge on any atom is 0.417 e. The quantitative estimate of drug-likeness (QED) is 0.300. The molecular weight excluding hydrogens is 564 g/mol. The number of carbonyl (C=O) groups is 2. The molecule has 4 nitrogen and oxygen atoms in total. The van der Waals surface area contributed by atoms with Gasteiger partial charge in [0.1, 0.15) is 18.5 Å². The Morgan fingerprint density at radius 3 is 2.05 bits per heavy atom. The van der Waals surface area contributed by atoms with Crippen LogP contribution in [0.1, 0.15) is 39.9 Å². The van der Waals surface area contributed by atoms with Crippen molar-refractivity contribution >= 4 is 17.9 Å². The second kappa shape index (κ2) is 11.6. The number of rotatable bonds is 7. The molecule has 2 aromatic carbocycles. The first-order valence-electron chi connectivity index (χ1n) is 10.5. The van der Waals surface area contributed by atoms with Crippen LogP contribution in [0.5, 0.6) is 0 Å². The number of hydrogen-bond acceptors (Lipinski definition) is 2. The fourth-order valence-electron chi connectivity index (χ4n) is 3.16. The molecule has 2 aromatic rings. The third-order valence-electron chi connectivity index (χ3n) is 5.03. The van der Waals surface area contributed by atoms with E-state index >= 15 is 0 Å². The topological polar surface area (TPSA) is 58.2 Å². The number of allylic oxidation sites excluding steroid dienone is 1. The lowest BCUT2D eigenvalue weighted by Crippen LogP contribution is -2.47. The summed E-state index contributed by atoms with van der Waals surface area (Å²) in [5.74, 6) is -11.9. The number of nitrogens with one attached hydrogen (secondary N) is 2. The average Bonchev–Trinajstić information content (AvgIpc) is 2.80. The van der Waals surface area contributed by atoms with Gasteiger partial charge in [-0.25, -0.2) is 13.2 Å². The van der Waals surface area contributed by atoms with Crippen molar-refractivity contribution in [3.63, 3.8) is 0 Å². The van der Waals surface area contributed by atoms with Crippen LogP contribution in [0.15, 0.2) is 36.4 Å². The first-order valence-corrected chi connectivity index (χ1v) is 10.5. The van der Waals surface area contributed by atoms with Gasteiger partial charge in [-0.3, -0.25) is 9.59 Å². The van der Waals surface area contributed by atoms with Crippen LogP contribution in [0.3, 0.4) is 0 Å². The van der Waals surface area contributed by atoms with Gasteiger partial charge in [0.05, 0.1) is 11.1 Å². The van der Waals surface area contributed by atoms with Crippen LogP contribution in [0.4, 0.5) is 52.7 Å². The van der Waals surface area contributed by atoms with Crippen molar-refractivity contribution in [1.29, 1.82) is 0 Å². The summed E-state index contributed by atoms with van der Waals surface area (Å²) in [7, 11) is 0. The molecule has 2 unspecified atom stereocenters. The minimum atomic E-state index is -5.28. The highest BCUT2D eigenvalue weighted by Gasteiger charge is 2.41. The zero-order chi connectivity index (χ0) is 29.9. The molecule has 214 valence electrons. The van der Waals surface area contributed by atoms with Gasteiger partial charge in [-0.05, 0) is 30.7 Å². The molecule has 2 rings (SSSR count). The Kier molecular flexibility index (Phi) is 9.35. The minimum Gasteiger partial charge on any atom is -0.345 e. The molecule has 0 aliphatic rings. The highest BCUT2D eigenvalue weighted by Crippen LogP contribution is 2.39. The fraction of sp³-hybridized carbons (Fsp3) is 0.304. The zero-order valence-electron chi connectivity index (χ0n) is 19.3. The van der Waals surface area contributed by atoms with Crippen LogP contribution in [-0.4, -0.2) is 36.8 Å². The molecule has 0 aromatic heterocycles. The Morgan fingerprint density at radius 1 is 0.897 bits per heavy atom. The molecule has 16 heteroatoms. The van der Waals surface area contributed by atoms with Crippen LogP contribution < -0.4 is 10.6 Å². The van der Waals surface area contributed by atoms with Crippen LogP contribution in [-0.2, 0) is 11.0 Å². The Hall–Kier alpha value is -3.72. The number of hydrogen-bond donors (Lipinski definition) is 2. The number of halogens is 12. The first kappa shape index (κ1) is 31.5. The van der Waals surface area contributed by atoms with Crippen LogP contribution in [0.25, 0.3) is 6.08 Å². The standard InChI is InChI=1S/C23H16F12N2O2/c1-10(19(38)36-9-21(27,28)29)37-20(39)13-4-2-11(8-15(13)23(33,34)35)3-6-14(22(30,31)32)12-5-7-16(24)18(26)17(12)25/h2-8,10,14H,9H2,1H3,(H,36,38)(H,37,39)/b6-3+. The summed E-state index contributed by atoms with van der Waals surface area (Å²) >= 11 is 0. The molecule has 2 N–H and O–H groups in total. The van der Waals surface area contributed by atoms with Crippen molar-refractivity contribution in [2.45, 2.75) is 37.4 Å². The SMILES string of the molecule is CC(NC(=O)c1ccc(/C=C/C(c2ccc(F)c(F)c2F)C(F)(F)F)cc1C(F)(F)F)C(=O)NCC(F)(F)F. The highest BCUT2D eigenvalue weighted by molar-refractivity contribution is 5.99. The zero-order valence-corrected chi connectivity index (χ0v) is 19.3. The molecule has 0 spiro atoms. The van der Waals surface area contributed by atoms with E-state index in [1.54, 1.807) is 5.32 Å². The normalized spacial score (nSPS) is 14.3. The second-order valence-electron chi connectivity index (χ2n) is 7.97. The number of benzene rings is 2. The lowest BCUT2D eigenvalue weighted by molar-refractivity contribution is -0.140. The summed E-state index contributed by atoms with van der Waals surface area (Å²) in [5.41, 5.74) is -4.73. The van der Waals surface area contributed by atoms with E-state index in [1.165, 1.54) is 5.32 Å². The Balaban J connectivity index is 2.38. The van der Waals surface area contributed by atoms with Gasteiger partial charge in [0.25, 0.3) is 5.91 Å². The summed E-state index contributed by atoms with van der Waals surface area (Å²) in [4.78, 5) is 24.0. The van der Waals surface area contributed by atoms with Gasteiger partial charge in [0.2, 0.25) is 5.91 Å². The van der Waals surface area contributed by atoms with Crippen LogP contribution >= 0.6 is 0 Å². The summed E-state index contributed by atoms with van der Waals surface area (Å²) in [6, 6.07) is 0.369. The molecule has 0 saturated heterocycles. The lowest BCUT2D eigenvalue weighted by Gasteiger charge is -2.19. The van der Waals surface area contributed by atoms with E-state index in [4.69, 9.17) is 0 Å². The maximum atomic E-state index is 14.0. The van der Waals surface area contributed by atoms with E-state index in [-0.39, 0.29) is 18.2 Å². The van der Waals surface area contributed by atoms with Crippen molar-refractivity contribution in [2.75, 3.05) is 6.54 Å². The van der Waals surface area contributed by atoms with Gasteiger partial charge in [0.15, 0.2) is 17.5 Å². The molecule has 0 fully saturated rings. The van der Waals surface area contributed by atoms with Gasteiger partial charge >= 0.3 is 18.5 Å². The monoisotopic (exact) mass is 580 g/mol. The van der Waals surface area contributed by atoms with Crippen molar-refractivity contribution in [1.82, 2.24) is 10.6 Å². The second-order valence-corrected chi connectivity index (χ2v) is 7.97. The number of carbonyl (C=O) groups excluding carboxylic acids is 2. The van der Waals surface area contributed by atoms with E-state index in [9.17, 15) is 62.3 Å².